The maximum Gasteiger partial charge on any atom is 0.144 e. The maximum absolute atomic E-state index is 14.2. The zero-order valence-corrected chi connectivity index (χ0v) is 16.6. The predicted molar refractivity (Wildman–Crippen MR) is 123 cm³/mol. The molecule has 0 spiro atoms. The molecule has 4 heteroatoms. The predicted octanol–water partition coefficient (Wildman–Crippen LogP) is 6.78. The fourth-order valence-electron chi connectivity index (χ4n) is 4.30. The van der Waals surface area contributed by atoms with Crippen LogP contribution in [0.25, 0.3) is 44.6 Å². The maximum atomic E-state index is 14.2. The Morgan fingerprint density at radius 2 is 1.29 bits per heavy atom. The van der Waals surface area contributed by atoms with Crippen molar-refractivity contribution >= 4 is 21.8 Å². The van der Waals surface area contributed by atoms with Gasteiger partial charge in [0.25, 0.3) is 0 Å². The standard InChI is InChI=1S/C27H18FN3/c28-20-12-14-26-24(18-20)23-17-19(11-13-25(23)31(26)22-9-5-2-6-10-22)27-29-15-16-30(27)21-7-3-1-4-8-21/h1-18H. The van der Waals surface area contributed by atoms with E-state index in [4.69, 9.17) is 0 Å². The summed E-state index contributed by atoms with van der Waals surface area (Å²) in [6.45, 7) is 0. The van der Waals surface area contributed by atoms with Crippen molar-refractivity contribution in [2.45, 2.75) is 0 Å². The van der Waals surface area contributed by atoms with Gasteiger partial charge in [-0.05, 0) is 60.7 Å². The molecule has 6 rings (SSSR count). The number of rotatable bonds is 3. The lowest BCUT2D eigenvalue weighted by Gasteiger charge is -2.09. The molecule has 2 aromatic heterocycles. The molecule has 2 heterocycles. The third-order valence-corrected chi connectivity index (χ3v) is 5.67. The van der Waals surface area contributed by atoms with Crippen LogP contribution in [0.2, 0.25) is 0 Å². The van der Waals surface area contributed by atoms with E-state index in [0.29, 0.717) is 0 Å². The summed E-state index contributed by atoms with van der Waals surface area (Å²) in [5.74, 6) is 0.612. The molecule has 0 unspecified atom stereocenters. The van der Waals surface area contributed by atoms with Crippen LogP contribution in [0.5, 0.6) is 0 Å². The van der Waals surface area contributed by atoms with Gasteiger partial charge in [-0.15, -0.1) is 0 Å². The van der Waals surface area contributed by atoms with Crippen LogP contribution >= 0.6 is 0 Å². The van der Waals surface area contributed by atoms with E-state index in [0.717, 1.165) is 44.6 Å². The lowest BCUT2D eigenvalue weighted by atomic mass is 10.1. The summed E-state index contributed by atoms with van der Waals surface area (Å²) in [5.41, 5.74) is 5.10. The monoisotopic (exact) mass is 403 g/mol. The highest BCUT2D eigenvalue weighted by Crippen LogP contribution is 2.35. The Morgan fingerprint density at radius 1 is 0.645 bits per heavy atom. The average Bonchev–Trinajstić information content (AvgIpc) is 3.43. The van der Waals surface area contributed by atoms with Crippen LogP contribution in [0.1, 0.15) is 0 Å². The fourth-order valence-corrected chi connectivity index (χ4v) is 4.30. The van der Waals surface area contributed by atoms with Crippen LogP contribution in [0.4, 0.5) is 4.39 Å². The van der Waals surface area contributed by atoms with E-state index in [1.165, 1.54) is 6.07 Å². The Morgan fingerprint density at radius 3 is 2.03 bits per heavy atom. The molecule has 0 aliphatic carbocycles. The molecular formula is C27H18FN3. The molecular weight excluding hydrogens is 385 g/mol. The van der Waals surface area contributed by atoms with E-state index in [1.54, 1.807) is 12.3 Å². The minimum atomic E-state index is -0.240. The van der Waals surface area contributed by atoms with E-state index in [-0.39, 0.29) is 5.82 Å². The second kappa shape index (κ2) is 6.96. The first-order valence-electron chi connectivity index (χ1n) is 10.2. The van der Waals surface area contributed by atoms with Crippen molar-refractivity contribution in [3.8, 4) is 22.8 Å². The molecule has 31 heavy (non-hydrogen) atoms. The highest BCUT2D eigenvalue weighted by molar-refractivity contribution is 6.10. The largest absolute Gasteiger partial charge is 0.309 e. The van der Waals surface area contributed by atoms with E-state index in [9.17, 15) is 4.39 Å². The molecule has 3 nitrogen and oxygen atoms in total. The molecule has 0 amide bonds. The zero-order valence-electron chi connectivity index (χ0n) is 16.6. The molecule has 0 bridgehead atoms. The smallest absolute Gasteiger partial charge is 0.144 e. The van der Waals surface area contributed by atoms with Crippen molar-refractivity contribution in [3.05, 3.63) is 115 Å². The number of hydrogen-bond acceptors (Lipinski definition) is 1. The van der Waals surface area contributed by atoms with Gasteiger partial charge in [0.15, 0.2) is 0 Å². The van der Waals surface area contributed by atoms with Gasteiger partial charge in [0, 0.05) is 40.1 Å². The molecule has 6 aromatic rings. The van der Waals surface area contributed by atoms with Crippen LogP contribution in [0.3, 0.4) is 0 Å². The summed E-state index contributed by atoms with van der Waals surface area (Å²) in [4.78, 5) is 4.61. The SMILES string of the molecule is Fc1ccc2c(c1)c1cc(-c3nccn3-c3ccccc3)ccc1n2-c1ccccc1. The quantitative estimate of drug-likeness (QED) is 0.319. The Labute approximate surface area is 178 Å². The van der Waals surface area contributed by atoms with E-state index in [2.05, 4.69) is 56.6 Å². The number of hydrogen-bond donors (Lipinski definition) is 0. The number of halogens is 1. The van der Waals surface area contributed by atoms with E-state index < -0.39 is 0 Å². The summed E-state index contributed by atoms with van der Waals surface area (Å²) in [6, 6.07) is 31.6. The number of aromatic nitrogens is 3. The van der Waals surface area contributed by atoms with Gasteiger partial charge in [-0.25, -0.2) is 9.37 Å². The molecule has 0 radical (unpaired) electrons. The fraction of sp³-hybridized carbons (Fsp3) is 0. The lowest BCUT2D eigenvalue weighted by Crippen LogP contribution is -1.96. The minimum absolute atomic E-state index is 0.240. The van der Waals surface area contributed by atoms with Crippen LogP contribution < -0.4 is 0 Å². The highest BCUT2D eigenvalue weighted by Gasteiger charge is 2.15. The molecule has 4 aromatic carbocycles. The van der Waals surface area contributed by atoms with Gasteiger partial charge in [0.1, 0.15) is 11.6 Å². The molecule has 0 saturated carbocycles. The Balaban J connectivity index is 1.62. The van der Waals surface area contributed by atoms with E-state index in [1.807, 2.05) is 48.7 Å². The zero-order chi connectivity index (χ0) is 20.8. The summed E-state index contributed by atoms with van der Waals surface area (Å²) in [6.07, 6.45) is 3.77. The van der Waals surface area contributed by atoms with Gasteiger partial charge in [0.05, 0.1) is 11.0 Å². The minimum Gasteiger partial charge on any atom is -0.309 e. The molecule has 0 aliphatic heterocycles. The topological polar surface area (TPSA) is 22.8 Å². The van der Waals surface area contributed by atoms with Crippen molar-refractivity contribution in [1.82, 2.24) is 14.1 Å². The third-order valence-electron chi connectivity index (χ3n) is 5.67. The van der Waals surface area contributed by atoms with Crippen molar-refractivity contribution in [1.29, 1.82) is 0 Å². The van der Waals surface area contributed by atoms with Crippen LogP contribution in [-0.2, 0) is 0 Å². The Bertz CT molecular complexity index is 1530. The summed E-state index contributed by atoms with van der Waals surface area (Å²) >= 11 is 0. The van der Waals surface area contributed by atoms with Crippen LogP contribution in [-0.4, -0.2) is 14.1 Å². The lowest BCUT2D eigenvalue weighted by molar-refractivity contribution is 0.629. The first-order valence-corrected chi connectivity index (χ1v) is 10.2. The number of imidazole rings is 1. The van der Waals surface area contributed by atoms with Gasteiger partial charge < -0.3 is 4.57 Å². The Hall–Kier alpha value is -4.18. The summed E-state index contributed by atoms with van der Waals surface area (Å²) in [7, 11) is 0. The van der Waals surface area contributed by atoms with E-state index >= 15 is 0 Å². The number of fused-ring (bicyclic) bond motifs is 3. The average molecular weight is 403 g/mol. The van der Waals surface area contributed by atoms with Gasteiger partial charge in [-0.1, -0.05) is 36.4 Å². The Kier molecular flexibility index (Phi) is 3.96. The van der Waals surface area contributed by atoms with Gasteiger partial charge >= 0.3 is 0 Å². The number of benzene rings is 4. The van der Waals surface area contributed by atoms with Gasteiger partial charge in [-0.3, -0.25) is 4.57 Å². The second-order valence-electron chi connectivity index (χ2n) is 7.52. The molecule has 0 atom stereocenters. The van der Waals surface area contributed by atoms with Crippen molar-refractivity contribution in [2.24, 2.45) is 0 Å². The van der Waals surface area contributed by atoms with Crippen molar-refractivity contribution in [3.63, 3.8) is 0 Å². The molecule has 0 aliphatic rings. The third kappa shape index (κ3) is 2.84. The number of nitrogens with zero attached hydrogens (tertiary/aromatic N) is 3. The van der Waals surface area contributed by atoms with Gasteiger partial charge in [-0.2, -0.15) is 0 Å². The molecule has 148 valence electrons. The van der Waals surface area contributed by atoms with Crippen molar-refractivity contribution in [2.75, 3.05) is 0 Å². The summed E-state index contributed by atoms with van der Waals surface area (Å²) < 4.78 is 18.5. The first kappa shape index (κ1) is 17.7. The van der Waals surface area contributed by atoms with Crippen LogP contribution in [0.15, 0.2) is 109 Å². The molecule has 0 fully saturated rings. The molecule has 0 saturated heterocycles. The highest BCUT2D eigenvalue weighted by atomic mass is 19.1. The van der Waals surface area contributed by atoms with Gasteiger partial charge in [0.2, 0.25) is 0 Å². The second-order valence-corrected chi connectivity index (χ2v) is 7.52. The first-order chi connectivity index (χ1) is 15.3. The number of para-hydroxylation sites is 2. The summed E-state index contributed by atoms with van der Waals surface area (Å²) in [5, 5.41) is 1.89. The normalized spacial score (nSPS) is 11.4. The van der Waals surface area contributed by atoms with Crippen LogP contribution in [0, 0.1) is 5.82 Å². The van der Waals surface area contributed by atoms with Crippen molar-refractivity contribution < 1.29 is 4.39 Å². The molecule has 0 N–H and O–H groups in total.